The standard InChI is InChI=1S/C16H15F4O3.Y/c1-14(2,8-15(16(18,19)20)12(7-21)23-15)11-6-10(17)5-9-3-4-22-13(9)11;/h5-6,12H,3-4,8H2,1-2H3;/q-1;/t12-,15?;/m0./s1. The van der Waals surface area contributed by atoms with Crippen molar-refractivity contribution in [2.24, 2.45) is 0 Å². The molecule has 24 heavy (non-hydrogen) atoms. The predicted molar refractivity (Wildman–Crippen MR) is 72.6 cm³/mol. The molecule has 1 fully saturated rings. The Hall–Kier alpha value is -0.526. The first kappa shape index (κ1) is 19.8. The van der Waals surface area contributed by atoms with Gasteiger partial charge in [-0.15, -0.1) is 0 Å². The Balaban J connectivity index is 0.00000208. The molecule has 1 saturated heterocycles. The molecular weight excluding hydrogens is 405 g/mol. The van der Waals surface area contributed by atoms with Gasteiger partial charge < -0.3 is 14.3 Å². The summed E-state index contributed by atoms with van der Waals surface area (Å²) in [6.07, 6.45) is -5.06. The van der Waals surface area contributed by atoms with Gasteiger partial charge >= 0.3 is 6.18 Å². The molecular formula is C16H15F4O3Y-. The number of benzene rings is 1. The Morgan fingerprint density at radius 1 is 1.33 bits per heavy atom. The Morgan fingerprint density at radius 3 is 2.54 bits per heavy atom. The third-order valence-corrected chi connectivity index (χ3v) is 4.46. The molecule has 0 saturated carbocycles. The number of carbonyl (C=O) groups excluding carboxylic acids is 1. The second-order valence-corrected chi connectivity index (χ2v) is 6.60. The average Bonchev–Trinajstić information content (AvgIpc) is 2.95. The summed E-state index contributed by atoms with van der Waals surface area (Å²) in [5, 5.41) is 0. The summed E-state index contributed by atoms with van der Waals surface area (Å²) >= 11 is 0. The van der Waals surface area contributed by atoms with E-state index in [1.165, 1.54) is 18.4 Å². The average molecular weight is 420 g/mol. The molecule has 0 spiro atoms. The largest absolute Gasteiger partial charge is 0.539 e. The maximum atomic E-state index is 13.8. The summed E-state index contributed by atoms with van der Waals surface area (Å²) in [5.41, 5.74) is -2.66. The number of alkyl halides is 3. The summed E-state index contributed by atoms with van der Waals surface area (Å²) < 4.78 is 63.9. The SMILES string of the molecule is CC(C)(CC1(C(F)(F)F)O[C@H]1[C-]=O)c1cc(F)cc2c1OCC2.[Y]. The van der Waals surface area contributed by atoms with Crippen LogP contribution in [0.3, 0.4) is 0 Å². The number of ether oxygens (including phenoxy) is 2. The number of hydrogen-bond donors (Lipinski definition) is 0. The van der Waals surface area contributed by atoms with E-state index in [4.69, 9.17) is 4.74 Å². The van der Waals surface area contributed by atoms with Crippen LogP contribution in [-0.4, -0.2) is 30.8 Å². The van der Waals surface area contributed by atoms with Crippen molar-refractivity contribution in [3.63, 3.8) is 0 Å². The van der Waals surface area contributed by atoms with E-state index in [2.05, 4.69) is 4.74 Å². The molecule has 0 bridgehead atoms. The first-order valence-corrected chi connectivity index (χ1v) is 7.19. The molecule has 2 atom stereocenters. The molecule has 2 aliphatic heterocycles. The molecule has 3 nitrogen and oxygen atoms in total. The van der Waals surface area contributed by atoms with Gasteiger partial charge in [-0.25, -0.2) is 10.7 Å². The summed E-state index contributed by atoms with van der Waals surface area (Å²) in [5.74, 6) is -0.0883. The molecule has 3 rings (SSSR count). The number of fused-ring (bicyclic) bond motifs is 1. The Bertz CT molecular complexity index is 659. The van der Waals surface area contributed by atoms with Crippen molar-refractivity contribution < 1.29 is 64.5 Å². The molecule has 1 radical (unpaired) electrons. The van der Waals surface area contributed by atoms with E-state index < -0.39 is 35.5 Å². The molecule has 1 aromatic carbocycles. The summed E-state index contributed by atoms with van der Waals surface area (Å²) in [4.78, 5) is 10.7. The summed E-state index contributed by atoms with van der Waals surface area (Å²) in [6, 6.07) is 2.52. The van der Waals surface area contributed by atoms with Crippen LogP contribution < -0.4 is 4.74 Å². The molecule has 2 aliphatic rings. The van der Waals surface area contributed by atoms with Gasteiger partial charge in [-0.1, -0.05) is 13.8 Å². The van der Waals surface area contributed by atoms with E-state index in [-0.39, 0.29) is 32.7 Å². The smallest absolute Gasteiger partial charge is 0.417 e. The molecule has 2 heterocycles. The normalized spacial score (nSPS) is 25.5. The van der Waals surface area contributed by atoms with Crippen LogP contribution in [0.1, 0.15) is 31.4 Å². The second kappa shape index (κ2) is 6.33. The van der Waals surface area contributed by atoms with Gasteiger partial charge in [-0.3, -0.25) is 0 Å². The van der Waals surface area contributed by atoms with Gasteiger partial charge in [0.15, 0.2) is 5.60 Å². The first-order valence-electron chi connectivity index (χ1n) is 7.19. The van der Waals surface area contributed by atoms with Crippen LogP contribution in [0.25, 0.3) is 0 Å². The van der Waals surface area contributed by atoms with Crippen LogP contribution in [-0.2, 0) is 54.1 Å². The molecule has 0 amide bonds. The van der Waals surface area contributed by atoms with Gasteiger partial charge in [0, 0.05) is 56.4 Å². The monoisotopic (exact) mass is 420 g/mol. The topological polar surface area (TPSA) is 38.8 Å². The van der Waals surface area contributed by atoms with E-state index in [0.29, 0.717) is 29.9 Å². The zero-order valence-electron chi connectivity index (χ0n) is 13.2. The Morgan fingerprint density at radius 2 is 2.00 bits per heavy atom. The van der Waals surface area contributed by atoms with Crippen LogP contribution >= 0.6 is 0 Å². The van der Waals surface area contributed by atoms with E-state index >= 15 is 0 Å². The van der Waals surface area contributed by atoms with E-state index in [0.717, 1.165) is 0 Å². The number of halogens is 4. The molecule has 0 aliphatic carbocycles. The minimum atomic E-state index is -4.70. The van der Waals surface area contributed by atoms with Crippen LogP contribution in [0.5, 0.6) is 5.75 Å². The Labute approximate surface area is 162 Å². The molecule has 0 N–H and O–H groups in total. The van der Waals surface area contributed by atoms with Gasteiger partial charge in [-0.2, -0.15) is 13.2 Å². The third-order valence-electron chi connectivity index (χ3n) is 4.46. The predicted octanol–water partition coefficient (Wildman–Crippen LogP) is 3.24. The van der Waals surface area contributed by atoms with Crippen LogP contribution in [0.4, 0.5) is 17.6 Å². The van der Waals surface area contributed by atoms with Crippen molar-refractivity contribution in [2.75, 3.05) is 6.61 Å². The van der Waals surface area contributed by atoms with Crippen molar-refractivity contribution in [1.29, 1.82) is 0 Å². The molecule has 129 valence electrons. The molecule has 0 aromatic heterocycles. The quantitative estimate of drug-likeness (QED) is 0.427. The minimum absolute atomic E-state index is 0. The second-order valence-electron chi connectivity index (χ2n) is 6.60. The number of rotatable bonds is 4. The van der Waals surface area contributed by atoms with E-state index in [1.54, 1.807) is 13.8 Å². The fraction of sp³-hybridized carbons (Fsp3) is 0.562. The summed E-state index contributed by atoms with van der Waals surface area (Å²) in [7, 11) is 0. The first-order chi connectivity index (χ1) is 10.6. The van der Waals surface area contributed by atoms with Gasteiger partial charge in [-0.05, 0) is 24.0 Å². The number of epoxide rings is 1. The molecule has 1 aromatic rings. The summed E-state index contributed by atoms with van der Waals surface area (Å²) in [6.45, 7) is 3.48. The maximum Gasteiger partial charge on any atom is 0.417 e. The molecule has 1 unspecified atom stereocenters. The maximum absolute atomic E-state index is 13.8. The van der Waals surface area contributed by atoms with Crippen molar-refractivity contribution in [2.45, 2.75) is 50.0 Å². The van der Waals surface area contributed by atoms with Crippen molar-refractivity contribution in [1.82, 2.24) is 0 Å². The van der Waals surface area contributed by atoms with E-state index in [9.17, 15) is 22.4 Å². The van der Waals surface area contributed by atoms with Crippen molar-refractivity contribution in [3.05, 3.63) is 29.1 Å². The van der Waals surface area contributed by atoms with Crippen molar-refractivity contribution >= 4 is 6.29 Å². The van der Waals surface area contributed by atoms with Gasteiger partial charge in [0.1, 0.15) is 11.6 Å². The van der Waals surface area contributed by atoms with Gasteiger partial charge in [0.25, 0.3) is 0 Å². The van der Waals surface area contributed by atoms with Crippen molar-refractivity contribution in [3.8, 4) is 5.75 Å². The fourth-order valence-electron chi connectivity index (χ4n) is 3.27. The third kappa shape index (κ3) is 3.15. The van der Waals surface area contributed by atoms with Crippen LogP contribution in [0, 0.1) is 5.82 Å². The molecule has 8 heteroatoms. The van der Waals surface area contributed by atoms with Crippen LogP contribution in [0.2, 0.25) is 0 Å². The van der Waals surface area contributed by atoms with Gasteiger partial charge in [0.05, 0.1) is 6.61 Å². The Kier molecular flexibility index (Phi) is 5.22. The van der Waals surface area contributed by atoms with Crippen LogP contribution in [0.15, 0.2) is 12.1 Å². The van der Waals surface area contributed by atoms with E-state index in [1.807, 2.05) is 0 Å². The fourth-order valence-corrected chi connectivity index (χ4v) is 3.27. The zero-order valence-corrected chi connectivity index (χ0v) is 16.0. The van der Waals surface area contributed by atoms with Gasteiger partial charge in [0.2, 0.25) is 0 Å². The number of hydrogen-bond acceptors (Lipinski definition) is 3. The zero-order chi connectivity index (χ0) is 17.0. The minimum Gasteiger partial charge on any atom is -0.539 e.